The van der Waals surface area contributed by atoms with Crippen molar-refractivity contribution in [2.45, 2.75) is 329 Å². The molecule has 0 rings (SSSR count). The molecule has 0 spiro atoms. The summed E-state index contributed by atoms with van der Waals surface area (Å²) in [6.07, 6.45) is 60.7. The Morgan fingerprint density at radius 3 is 0.781 bits per heavy atom. The largest absolute Gasteiger partial charge is 0.462 e. The summed E-state index contributed by atoms with van der Waals surface area (Å²) < 4.78 is 16.8. The fourth-order valence-electron chi connectivity index (χ4n) is 8.68. The minimum atomic E-state index is -0.764. The molecular formula is C58H110O6. The molecule has 6 heteroatoms. The van der Waals surface area contributed by atoms with E-state index in [9.17, 15) is 14.4 Å². The number of esters is 3. The lowest BCUT2D eigenvalue weighted by atomic mass is 10.0. The molecule has 0 saturated heterocycles. The average Bonchev–Trinajstić information content (AvgIpc) is 3.29. The summed E-state index contributed by atoms with van der Waals surface area (Å²) in [6.45, 7) is 6.67. The first-order valence-corrected chi connectivity index (χ1v) is 28.7. The van der Waals surface area contributed by atoms with Crippen LogP contribution in [-0.2, 0) is 28.6 Å². The van der Waals surface area contributed by atoms with E-state index in [1.807, 2.05) is 0 Å². The second-order valence-corrected chi connectivity index (χ2v) is 19.6. The van der Waals surface area contributed by atoms with Crippen molar-refractivity contribution in [1.82, 2.24) is 0 Å². The predicted molar refractivity (Wildman–Crippen MR) is 275 cm³/mol. The summed E-state index contributed by atoms with van der Waals surface area (Å²) in [4.78, 5) is 38.0. The van der Waals surface area contributed by atoms with Gasteiger partial charge in [-0.15, -0.1) is 0 Å². The van der Waals surface area contributed by atoms with Crippen LogP contribution >= 0.6 is 0 Å². The van der Waals surface area contributed by atoms with E-state index >= 15 is 0 Å². The zero-order valence-corrected chi connectivity index (χ0v) is 43.3. The highest BCUT2D eigenvalue weighted by atomic mass is 16.6. The van der Waals surface area contributed by atoms with E-state index < -0.39 is 6.10 Å². The number of carbonyl (C=O) groups is 3. The molecule has 0 N–H and O–H groups in total. The summed E-state index contributed by atoms with van der Waals surface area (Å²) in [7, 11) is 0. The van der Waals surface area contributed by atoms with E-state index in [-0.39, 0.29) is 31.1 Å². The molecular weight excluding hydrogens is 793 g/mol. The minimum absolute atomic E-state index is 0.0651. The molecule has 6 nitrogen and oxygen atoms in total. The third-order valence-corrected chi connectivity index (χ3v) is 13.0. The fraction of sp³-hybridized carbons (Fsp3) is 0.914. The minimum Gasteiger partial charge on any atom is -0.462 e. The zero-order valence-electron chi connectivity index (χ0n) is 43.3. The molecule has 0 fully saturated rings. The van der Waals surface area contributed by atoms with Gasteiger partial charge in [0.2, 0.25) is 0 Å². The third-order valence-electron chi connectivity index (χ3n) is 13.0. The molecule has 0 aromatic heterocycles. The molecule has 0 aliphatic rings. The van der Waals surface area contributed by atoms with Gasteiger partial charge in [-0.1, -0.05) is 270 Å². The van der Waals surface area contributed by atoms with E-state index in [0.29, 0.717) is 19.3 Å². The van der Waals surface area contributed by atoms with Crippen molar-refractivity contribution in [3.63, 3.8) is 0 Å². The van der Waals surface area contributed by atoms with E-state index in [4.69, 9.17) is 14.2 Å². The van der Waals surface area contributed by atoms with E-state index in [0.717, 1.165) is 57.8 Å². The molecule has 0 heterocycles. The number of hydrogen-bond acceptors (Lipinski definition) is 6. The Hall–Kier alpha value is -1.85. The first kappa shape index (κ1) is 62.1. The molecule has 0 bridgehead atoms. The predicted octanol–water partition coefficient (Wildman–Crippen LogP) is 18.9. The maximum Gasteiger partial charge on any atom is 0.306 e. The number of ether oxygens (including phenoxy) is 3. The molecule has 0 saturated carbocycles. The summed E-state index contributed by atoms with van der Waals surface area (Å²) >= 11 is 0. The normalized spacial score (nSPS) is 12.0. The van der Waals surface area contributed by atoms with Crippen molar-refractivity contribution in [1.29, 1.82) is 0 Å². The molecule has 0 aromatic carbocycles. The SMILES string of the molecule is CCCCCCCC/C=C\CCCCCCCCCCCC(=O)OCC(COC(=O)CCCCCCCCCCC)OC(=O)CCCCCCCCCCCCCCCCCCCC. The van der Waals surface area contributed by atoms with Crippen LogP contribution in [0.25, 0.3) is 0 Å². The number of unbranched alkanes of at least 4 members (excludes halogenated alkanes) is 40. The maximum atomic E-state index is 12.8. The van der Waals surface area contributed by atoms with Crippen molar-refractivity contribution in [3.8, 4) is 0 Å². The van der Waals surface area contributed by atoms with Crippen LogP contribution in [0.2, 0.25) is 0 Å². The number of allylic oxidation sites excluding steroid dienone is 2. The van der Waals surface area contributed by atoms with Crippen molar-refractivity contribution in [2.24, 2.45) is 0 Å². The lowest BCUT2D eigenvalue weighted by Gasteiger charge is -2.18. The maximum absolute atomic E-state index is 12.8. The fourth-order valence-corrected chi connectivity index (χ4v) is 8.68. The van der Waals surface area contributed by atoms with E-state index in [1.165, 1.54) is 225 Å². The Kier molecular flexibility index (Phi) is 52.2. The van der Waals surface area contributed by atoms with Gasteiger partial charge in [-0.25, -0.2) is 0 Å². The van der Waals surface area contributed by atoms with Crippen LogP contribution < -0.4 is 0 Å². The van der Waals surface area contributed by atoms with Crippen molar-refractivity contribution in [3.05, 3.63) is 12.2 Å². The van der Waals surface area contributed by atoms with Gasteiger partial charge in [0.1, 0.15) is 13.2 Å². The van der Waals surface area contributed by atoms with Crippen molar-refractivity contribution < 1.29 is 28.6 Å². The third kappa shape index (κ3) is 51.1. The molecule has 0 radical (unpaired) electrons. The number of carbonyl (C=O) groups excluding carboxylic acids is 3. The second-order valence-electron chi connectivity index (χ2n) is 19.6. The topological polar surface area (TPSA) is 78.9 Å². The van der Waals surface area contributed by atoms with E-state index in [2.05, 4.69) is 32.9 Å². The average molecular weight is 904 g/mol. The summed E-state index contributed by atoms with van der Waals surface area (Å²) in [5, 5.41) is 0. The van der Waals surface area contributed by atoms with Crippen LogP contribution in [0.3, 0.4) is 0 Å². The highest BCUT2D eigenvalue weighted by molar-refractivity contribution is 5.71. The Labute approximate surface area is 399 Å². The van der Waals surface area contributed by atoms with Gasteiger partial charge in [0.05, 0.1) is 0 Å². The molecule has 0 aromatic rings. The Balaban J connectivity index is 4.22. The Morgan fingerprint density at radius 1 is 0.297 bits per heavy atom. The van der Waals surface area contributed by atoms with E-state index in [1.54, 1.807) is 0 Å². The molecule has 378 valence electrons. The van der Waals surface area contributed by atoms with Crippen LogP contribution in [0.15, 0.2) is 12.2 Å². The Bertz CT molecular complexity index is 993. The van der Waals surface area contributed by atoms with Crippen LogP contribution in [0.1, 0.15) is 323 Å². The standard InChI is InChI=1S/C58H110O6/c1-4-7-10-13-16-19-21-23-25-27-29-31-32-34-36-39-42-45-48-51-57(60)63-54-55(53-62-56(59)50-47-44-41-38-18-15-12-9-6-3)64-58(61)52-49-46-43-40-37-35-33-30-28-26-24-22-20-17-14-11-8-5-2/h23,25,55H,4-22,24,26-54H2,1-3H3/b25-23-. The zero-order chi connectivity index (χ0) is 46.5. The van der Waals surface area contributed by atoms with Gasteiger partial charge < -0.3 is 14.2 Å². The van der Waals surface area contributed by atoms with Crippen LogP contribution in [0.5, 0.6) is 0 Å². The van der Waals surface area contributed by atoms with Crippen LogP contribution in [0, 0.1) is 0 Å². The van der Waals surface area contributed by atoms with Crippen LogP contribution in [0.4, 0.5) is 0 Å². The molecule has 1 unspecified atom stereocenters. The number of hydrogen-bond donors (Lipinski definition) is 0. The lowest BCUT2D eigenvalue weighted by molar-refractivity contribution is -0.167. The highest BCUT2D eigenvalue weighted by Crippen LogP contribution is 2.17. The molecule has 1 atom stereocenters. The first-order valence-electron chi connectivity index (χ1n) is 28.7. The van der Waals surface area contributed by atoms with Gasteiger partial charge in [0.25, 0.3) is 0 Å². The van der Waals surface area contributed by atoms with Gasteiger partial charge in [0.15, 0.2) is 6.10 Å². The second kappa shape index (κ2) is 53.8. The quantitative estimate of drug-likeness (QED) is 0.0262. The molecule has 0 amide bonds. The van der Waals surface area contributed by atoms with Gasteiger partial charge in [0, 0.05) is 19.3 Å². The smallest absolute Gasteiger partial charge is 0.306 e. The molecule has 0 aliphatic carbocycles. The monoisotopic (exact) mass is 903 g/mol. The summed E-state index contributed by atoms with van der Waals surface area (Å²) in [6, 6.07) is 0. The van der Waals surface area contributed by atoms with Gasteiger partial charge in [-0.2, -0.15) is 0 Å². The Morgan fingerprint density at radius 2 is 0.516 bits per heavy atom. The van der Waals surface area contributed by atoms with Crippen LogP contribution in [-0.4, -0.2) is 37.2 Å². The summed E-state index contributed by atoms with van der Waals surface area (Å²) in [5.41, 5.74) is 0. The molecule has 64 heavy (non-hydrogen) atoms. The lowest BCUT2D eigenvalue weighted by Crippen LogP contribution is -2.30. The summed E-state index contributed by atoms with van der Waals surface area (Å²) in [5.74, 6) is -0.847. The van der Waals surface area contributed by atoms with Gasteiger partial charge in [-0.05, 0) is 44.9 Å². The van der Waals surface area contributed by atoms with Gasteiger partial charge >= 0.3 is 17.9 Å². The van der Waals surface area contributed by atoms with Crippen molar-refractivity contribution in [2.75, 3.05) is 13.2 Å². The first-order chi connectivity index (χ1) is 31.5. The van der Waals surface area contributed by atoms with Gasteiger partial charge in [-0.3, -0.25) is 14.4 Å². The molecule has 0 aliphatic heterocycles. The highest BCUT2D eigenvalue weighted by Gasteiger charge is 2.19. The van der Waals surface area contributed by atoms with Crippen molar-refractivity contribution >= 4 is 17.9 Å². The number of rotatable bonds is 53.